The van der Waals surface area contributed by atoms with Gasteiger partial charge in [0.05, 0.1) is 4.90 Å². The predicted molar refractivity (Wildman–Crippen MR) is 93.3 cm³/mol. The molecule has 0 aliphatic carbocycles. The summed E-state index contributed by atoms with van der Waals surface area (Å²) in [7, 11) is -3.66. The lowest BCUT2D eigenvalue weighted by Gasteiger charge is -2.35. The van der Waals surface area contributed by atoms with Crippen molar-refractivity contribution in [1.82, 2.24) is 4.31 Å². The monoisotopic (exact) mass is 348 g/mol. The topological polar surface area (TPSA) is 40.6 Å². The van der Waals surface area contributed by atoms with E-state index in [1.807, 2.05) is 25.1 Å². The van der Waals surface area contributed by atoms with E-state index < -0.39 is 15.8 Å². The number of piperazine rings is 1. The zero-order valence-electron chi connectivity index (χ0n) is 13.9. The van der Waals surface area contributed by atoms with Crippen molar-refractivity contribution in [1.29, 1.82) is 0 Å². The van der Waals surface area contributed by atoms with Crippen LogP contribution in [0.3, 0.4) is 0 Å². The number of sulfonamides is 1. The van der Waals surface area contributed by atoms with Crippen molar-refractivity contribution >= 4 is 15.7 Å². The fraction of sp³-hybridized carbons (Fsp3) is 0.333. The fourth-order valence-electron chi connectivity index (χ4n) is 3.00. The molecule has 0 atom stereocenters. The summed E-state index contributed by atoms with van der Waals surface area (Å²) in [4.78, 5) is 2.24. The molecule has 4 nitrogen and oxygen atoms in total. The summed E-state index contributed by atoms with van der Waals surface area (Å²) in [5, 5.41) is 0. The summed E-state index contributed by atoms with van der Waals surface area (Å²) >= 11 is 0. The van der Waals surface area contributed by atoms with E-state index in [1.165, 1.54) is 22.0 Å². The van der Waals surface area contributed by atoms with Crippen molar-refractivity contribution in [2.24, 2.45) is 0 Å². The molecule has 0 spiro atoms. The second kappa shape index (κ2) is 6.53. The Hall–Kier alpha value is -1.92. The minimum Gasteiger partial charge on any atom is -0.369 e. The highest BCUT2D eigenvalue weighted by molar-refractivity contribution is 7.89. The third-order valence-electron chi connectivity index (χ3n) is 4.37. The number of anilines is 1. The van der Waals surface area contributed by atoms with Crippen molar-refractivity contribution in [2.45, 2.75) is 18.7 Å². The molecule has 128 valence electrons. The lowest BCUT2D eigenvalue weighted by Crippen LogP contribution is -2.48. The van der Waals surface area contributed by atoms with Crippen molar-refractivity contribution < 1.29 is 12.8 Å². The Morgan fingerprint density at radius 1 is 0.958 bits per heavy atom. The Morgan fingerprint density at radius 3 is 2.33 bits per heavy atom. The van der Waals surface area contributed by atoms with Gasteiger partial charge in [-0.2, -0.15) is 4.31 Å². The Balaban J connectivity index is 1.77. The minimum atomic E-state index is -3.66. The van der Waals surface area contributed by atoms with E-state index in [2.05, 4.69) is 11.0 Å². The molecule has 1 aliphatic heterocycles. The van der Waals surface area contributed by atoms with Crippen LogP contribution in [0.15, 0.2) is 47.4 Å². The van der Waals surface area contributed by atoms with Crippen LogP contribution in [-0.4, -0.2) is 38.9 Å². The largest absolute Gasteiger partial charge is 0.369 e. The number of halogens is 1. The molecule has 0 amide bonds. The van der Waals surface area contributed by atoms with Gasteiger partial charge in [-0.25, -0.2) is 12.8 Å². The van der Waals surface area contributed by atoms with Crippen LogP contribution in [0, 0.1) is 19.7 Å². The Bertz CT molecular complexity index is 844. The van der Waals surface area contributed by atoms with E-state index in [4.69, 9.17) is 0 Å². The third-order valence-corrected chi connectivity index (χ3v) is 6.41. The first-order valence-corrected chi connectivity index (χ1v) is 9.40. The predicted octanol–water partition coefficient (Wildman–Crippen LogP) is 2.95. The van der Waals surface area contributed by atoms with Crippen LogP contribution in [0.25, 0.3) is 0 Å². The van der Waals surface area contributed by atoms with Crippen molar-refractivity contribution in [3.63, 3.8) is 0 Å². The number of benzene rings is 2. The van der Waals surface area contributed by atoms with Crippen LogP contribution < -0.4 is 4.90 Å². The van der Waals surface area contributed by atoms with Gasteiger partial charge in [0.1, 0.15) is 5.82 Å². The molecular weight excluding hydrogens is 327 g/mol. The molecule has 0 N–H and O–H groups in total. The van der Waals surface area contributed by atoms with Gasteiger partial charge in [-0.05, 0) is 49.2 Å². The molecule has 2 aromatic carbocycles. The highest BCUT2D eigenvalue weighted by atomic mass is 32.2. The zero-order chi connectivity index (χ0) is 17.3. The van der Waals surface area contributed by atoms with Gasteiger partial charge >= 0.3 is 0 Å². The van der Waals surface area contributed by atoms with Crippen molar-refractivity contribution in [3.05, 3.63) is 59.4 Å². The first kappa shape index (κ1) is 16.9. The van der Waals surface area contributed by atoms with Gasteiger partial charge in [0.2, 0.25) is 10.0 Å². The van der Waals surface area contributed by atoms with Crippen LogP contribution in [0.4, 0.5) is 10.1 Å². The standard InChI is InChI=1S/C18H21FN2O2S/c1-14-4-3-5-17(12-14)20-8-10-21(11-9-20)24(22,23)18-13-16(19)7-6-15(18)2/h3-7,12-13H,8-11H2,1-2H3. The SMILES string of the molecule is Cc1cccc(N2CCN(S(=O)(=O)c3cc(F)ccc3C)CC2)c1. The summed E-state index contributed by atoms with van der Waals surface area (Å²) in [6, 6.07) is 12.1. The Morgan fingerprint density at radius 2 is 1.67 bits per heavy atom. The molecule has 1 saturated heterocycles. The number of aryl methyl sites for hydroxylation is 2. The molecule has 3 rings (SSSR count). The molecule has 0 saturated carbocycles. The summed E-state index contributed by atoms with van der Waals surface area (Å²) in [6.07, 6.45) is 0. The summed E-state index contributed by atoms with van der Waals surface area (Å²) in [5.74, 6) is -0.530. The van der Waals surface area contributed by atoms with Gasteiger partial charge in [0, 0.05) is 31.9 Å². The number of hydrogen-bond acceptors (Lipinski definition) is 3. The molecule has 2 aromatic rings. The number of nitrogens with zero attached hydrogens (tertiary/aromatic N) is 2. The zero-order valence-corrected chi connectivity index (χ0v) is 14.7. The lowest BCUT2D eigenvalue weighted by molar-refractivity contribution is 0.384. The molecule has 1 aliphatic rings. The average Bonchev–Trinajstić information content (AvgIpc) is 2.57. The lowest BCUT2D eigenvalue weighted by atomic mass is 10.2. The molecule has 6 heteroatoms. The van der Waals surface area contributed by atoms with Gasteiger partial charge in [-0.15, -0.1) is 0 Å². The molecule has 1 fully saturated rings. The second-order valence-electron chi connectivity index (χ2n) is 6.14. The maximum absolute atomic E-state index is 13.5. The third kappa shape index (κ3) is 3.30. The molecule has 0 unspecified atom stereocenters. The second-order valence-corrected chi connectivity index (χ2v) is 8.05. The quantitative estimate of drug-likeness (QED) is 0.856. The number of rotatable bonds is 3. The summed E-state index contributed by atoms with van der Waals surface area (Å²) < 4.78 is 40.5. The van der Waals surface area contributed by atoms with Crippen LogP contribution >= 0.6 is 0 Å². The Kier molecular flexibility index (Phi) is 4.60. The van der Waals surface area contributed by atoms with Gasteiger partial charge in [0.25, 0.3) is 0 Å². The van der Waals surface area contributed by atoms with Crippen molar-refractivity contribution in [3.8, 4) is 0 Å². The van der Waals surface area contributed by atoms with E-state index in [0.29, 0.717) is 31.7 Å². The molecule has 0 radical (unpaired) electrons. The Labute approximate surface area is 142 Å². The molecular formula is C18H21FN2O2S. The van der Waals surface area contributed by atoms with Gasteiger partial charge < -0.3 is 4.90 Å². The van der Waals surface area contributed by atoms with E-state index >= 15 is 0 Å². The number of hydrogen-bond donors (Lipinski definition) is 0. The molecule has 1 heterocycles. The van der Waals surface area contributed by atoms with Crippen LogP contribution in [0.2, 0.25) is 0 Å². The maximum Gasteiger partial charge on any atom is 0.243 e. The molecule has 0 bridgehead atoms. The highest BCUT2D eigenvalue weighted by Crippen LogP contribution is 2.24. The van der Waals surface area contributed by atoms with Crippen LogP contribution in [0.5, 0.6) is 0 Å². The van der Waals surface area contributed by atoms with E-state index in [0.717, 1.165) is 11.8 Å². The smallest absolute Gasteiger partial charge is 0.243 e. The normalized spacial score (nSPS) is 16.4. The van der Waals surface area contributed by atoms with E-state index in [9.17, 15) is 12.8 Å². The maximum atomic E-state index is 13.5. The van der Waals surface area contributed by atoms with Crippen LogP contribution in [-0.2, 0) is 10.0 Å². The van der Waals surface area contributed by atoms with Crippen LogP contribution in [0.1, 0.15) is 11.1 Å². The minimum absolute atomic E-state index is 0.0616. The molecule has 24 heavy (non-hydrogen) atoms. The fourth-order valence-corrected chi connectivity index (χ4v) is 4.66. The highest BCUT2D eigenvalue weighted by Gasteiger charge is 2.30. The van der Waals surface area contributed by atoms with Crippen molar-refractivity contribution in [2.75, 3.05) is 31.1 Å². The molecule has 0 aromatic heterocycles. The van der Waals surface area contributed by atoms with Gasteiger partial charge in [0.15, 0.2) is 0 Å². The van der Waals surface area contributed by atoms with E-state index in [1.54, 1.807) is 6.92 Å². The van der Waals surface area contributed by atoms with Gasteiger partial charge in [-0.1, -0.05) is 18.2 Å². The summed E-state index contributed by atoms with van der Waals surface area (Å²) in [5.41, 5.74) is 2.85. The van der Waals surface area contributed by atoms with Gasteiger partial charge in [-0.3, -0.25) is 0 Å². The average molecular weight is 348 g/mol. The first-order chi connectivity index (χ1) is 11.4. The first-order valence-electron chi connectivity index (χ1n) is 7.96. The summed E-state index contributed by atoms with van der Waals surface area (Å²) in [6.45, 7) is 5.76. The van der Waals surface area contributed by atoms with E-state index in [-0.39, 0.29) is 4.90 Å².